The van der Waals surface area contributed by atoms with Crippen LogP contribution in [-0.4, -0.2) is 32.8 Å². The van der Waals surface area contributed by atoms with E-state index < -0.39 is 0 Å². The number of rotatable bonds is 7. The van der Waals surface area contributed by atoms with Crippen LogP contribution in [0.5, 0.6) is 23.0 Å². The predicted octanol–water partition coefficient (Wildman–Crippen LogP) is 3.36. The number of fused-ring (bicyclic) bond motifs is 1. The summed E-state index contributed by atoms with van der Waals surface area (Å²) in [5, 5.41) is 2.93. The molecule has 2 aromatic rings. The highest BCUT2D eigenvalue weighted by molar-refractivity contribution is 5.95. The Morgan fingerprint density at radius 2 is 1.85 bits per heavy atom. The molecule has 0 bridgehead atoms. The van der Waals surface area contributed by atoms with Gasteiger partial charge in [0.25, 0.3) is 5.91 Å². The number of ether oxygens (including phenoxy) is 4. The Kier molecular flexibility index (Phi) is 5.74. The van der Waals surface area contributed by atoms with Gasteiger partial charge in [0.05, 0.1) is 20.8 Å². The fourth-order valence-corrected chi connectivity index (χ4v) is 3.13. The number of amides is 1. The molecular weight excluding hydrogens is 346 g/mol. The van der Waals surface area contributed by atoms with Gasteiger partial charge in [0.15, 0.2) is 0 Å². The monoisotopic (exact) mass is 371 g/mol. The summed E-state index contributed by atoms with van der Waals surface area (Å²) in [6, 6.07) is 9.04. The minimum Gasteiger partial charge on any atom is -0.497 e. The number of hydrogen-bond donors (Lipinski definition) is 1. The number of nitrogens with one attached hydrogen (secondary N) is 1. The van der Waals surface area contributed by atoms with Gasteiger partial charge < -0.3 is 24.3 Å². The Balaban J connectivity index is 1.78. The first-order valence-corrected chi connectivity index (χ1v) is 9.00. The van der Waals surface area contributed by atoms with Gasteiger partial charge in [0.1, 0.15) is 29.1 Å². The molecule has 3 rings (SSSR count). The van der Waals surface area contributed by atoms with Crippen molar-refractivity contribution in [1.29, 1.82) is 0 Å². The first kappa shape index (κ1) is 18.9. The molecule has 144 valence electrons. The smallest absolute Gasteiger partial charge is 0.251 e. The lowest BCUT2D eigenvalue weighted by Crippen LogP contribution is -2.23. The third-order valence-corrected chi connectivity index (χ3v) is 4.43. The Morgan fingerprint density at radius 1 is 1.15 bits per heavy atom. The van der Waals surface area contributed by atoms with Crippen molar-refractivity contribution in [3.63, 3.8) is 0 Å². The van der Waals surface area contributed by atoms with Crippen molar-refractivity contribution in [2.24, 2.45) is 0 Å². The van der Waals surface area contributed by atoms with E-state index in [0.29, 0.717) is 30.2 Å². The van der Waals surface area contributed by atoms with Gasteiger partial charge >= 0.3 is 0 Å². The first-order valence-electron chi connectivity index (χ1n) is 9.00. The molecule has 0 spiro atoms. The lowest BCUT2D eigenvalue weighted by Gasteiger charge is -2.14. The van der Waals surface area contributed by atoms with Crippen molar-refractivity contribution in [2.75, 3.05) is 20.8 Å². The molecule has 1 heterocycles. The van der Waals surface area contributed by atoms with Gasteiger partial charge in [-0.3, -0.25) is 4.79 Å². The van der Waals surface area contributed by atoms with E-state index in [1.54, 1.807) is 32.4 Å². The summed E-state index contributed by atoms with van der Waals surface area (Å²) in [5.74, 6) is 2.55. The fourth-order valence-electron chi connectivity index (χ4n) is 3.13. The van der Waals surface area contributed by atoms with Crippen molar-refractivity contribution >= 4 is 5.91 Å². The lowest BCUT2D eigenvalue weighted by molar-refractivity contribution is 0.0950. The second kappa shape index (κ2) is 8.20. The van der Waals surface area contributed by atoms with Crippen LogP contribution < -0.4 is 24.3 Å². The summed E-state index contributed by atoms with van der Waals surface area (Å²) in [4.78, 5) is 12.6. The summed E-state index contributed by atoms with van der Waals surface area (Å²) in [7, 11) is 3.10. The van der Waals surface area contributed by atoms with E-state index in [-0.39, 0.29) is 12.0 Å². The maximum absolute atomic E-state index is 12.6. The number of carbonyl (C=O) groups excluding carboxylic acids is 1. The van der Waals surface area contributed by atoms with E-state index in [1.807, 2.05) is 26.0 Å². The minimum absolute atomic E-state index is 0.156. The van der Waals surface area contributed by atoms with Gasteiger partial charge in [0.2, 0.25) is 0 Å². The Labute approximate surface area is 159 Å². The topological polar surface area (TPSA) is 66.0 Å². The number of benzene rings is 2. The Morgan fingerprint density at radius 3 is 2.48 bits per heavy atom. The molecule has 0 aromatic heterocycles. The van der Waals surface area contributed by atoms with Crippen LogP contribution in [0.4, 0.5) is 0 Å². The molecule has 1 amide bonds. The minimum atomic E-state index is -0.218. The molecule has 0 fully saturated rings. The highest BCUT2D eigenvalue weighted by Gasteiger charge is 2.22. The summed E-state index contributed by atoms with van der Waals surface area (Å²) in [6.45, 7) is 4.87. The SMILES string of the molecule is CCOc1cc2c(cc1CNC(=O)c1cc(OC)cc(OC)c1)O[C@@H](C)C2. The van der Waals surface area contributed by atoms with Crippen molar-refractivity contribution in [2.45, 2.75) is 32.9 Å². The van der Waals surface area contributed by atoms with Gasteiger partial charge in [-0.1, -0.05) is 0 Å². The zero-order chi connectivity index (χ0) is 19.4. The lowest BCUT2D eigenvalue weighted by atomic mass is 10.1. The summed E-state index contributed by atoms with van der Waals surface area (Å²) >= 11 is 0. The van der Waals surface area contributed by atoms with Crippen LogP contribution in [0.25, 0.3) is 0 Å². The van der Waals surface area contributed by atoms with E-state index in [4.69, 9.17) is 18.9 Å². The molecule has 0 radical (unpaired) electrons. The Bertz CT molecular complexity index is 811. The largest absolute Gasteiger partial charge is 0.497 e. The molecule has 0 saturated heterocycles. The second-order valence-corrected chi connectivity index (χ2v) is 6.42. The predicted molar refractivity (Wildman–Crippen MR) is 102 cm³/mol. The van der Waals surface area contributed by atoms with Gasteiger partial charge in [-0.2, -0.15) is 0 Å². The van der Waals surface area contributed by atoms with E-state index in [9.17, 15) is 4.79 Å². The van der Waals surface area contributed by atoms with Gasteiger partial charge in [0, 0.05) is 35.7 Å². The molecule has 1 aliphatic rings. The van der Waals surface area contributed by atoms with E-state index in [1.165, 1.54) is 0 Å². The molecule has 6 heteroatoms. The Hall–Kier alpha value is -2.89. The van der Waals surface area contributed by atoms with Crippen molar-refractivity contribution in [3.8, 4) is 23.0 Å². The molecule has 6 nitrogen and oxygen atoms in total. The highest BCUT2D eigenvalue weighted by Crippen LogP contribution is 2.35. The molecule has 2 aromatic carbocycles. The zero-order valence-corrected chi connectivity index (χ0v) is 16.1. The molecule has 1 atom stereocenters. The molecule has 0 aliphatic carbocycles. The average molecular weight is 371 g/mol. The maximum Gasteiger partial charge on any atom is 0.251 e. The summed E-state index contributed by atoms with van der Waals surface area (Å²) in [6.07, 6.45) is 1.02. The highest BCUT2D eigenvalue weighted by atomic mass is 16.5. The van der Waals surface area contributed by atoms with Crippen LogP contribution in [0.3, 0.4) is 0 Å². The maximum atomic E-state index is 12.6. The summed E-state index contributed by atoms with van der Waals surface area (Å²) in [5.41, 5.74) is 2.49. The van der Waals surface area contributed by atoms with E-state index in [0.717, 1.165) is 29.0 Å². The number of hydrogen-bond acceptors (Lipinski definition) is 5. The van der Waals surface area contributed by atoms with Crippen molar-refractivity contribution < 1.29 is 23.7 Å². The average Bonchev–Trinajstić information content (AvgIpc) is 3.04. The van der Waals surface area contributed by atoms with Gasteiger partial charge in [-0.15, -0.1) is 0 Å². The third kappa shape index (κ3) is 4.27. The van der Waals surface area contributed by atoms with Crippen molar-refractivity contribution in [1.82, 2.24) is 5.32 Å². The molecule has 0 saturated carbocycles. The standard InChI is InChI=1S/C21H25NO5/c1-5-26-19-9-14-6-13(2)27-20(14)10-16(19)12-22-21(23)15-7-17(24-3)11-18(8-15)25-4/h7-11,13H,5-6,12H2,1-4H3,(H,22,23)/t13-/m0/s1. The van der Waals surface area contributed by atoms with Crippen LogP contribution in [0.15, 0.2) is 30.3 Å². The normalized spacial score (nSPS) is 14.9. The van der Waals surface area contributed by atoms with Crippen LogP contribution in [-0.2, 0) is 13.0 Å². The number of carbonyl (C=O) groups is 1. The van der Waals surface area contributed by atoms with Crippen molar-refractivity contribution in [3.05, 3.63) is 47.0 Å². The molecular formula is C21H25NO5. The molecule has 27 heavy (non-hydrogen) atoms. The van der Waals surface area contributed by atoms with E-state index >= 15 is 0 Å². The molecule has 1 aliphatic heterocycles. The fraction of sp³-hybridized carbons (Fsp3) is 0.381. The molecule has 1 N–H and O–H groups in total. The third-order valence-electron chi connectivity index (χ3n) is 4.43. The quantitative estimate of drug-likeness (QED) is 0.808. The molecule has 0 unspecified atom stereocenters. The summed E-state index contributed by atoms with van der Waals surface area (Å²) < 4.78 is 22.0. The van der Waals surface area contributed by atoms with Crippen LogP contribution in [0.1, 0.15) is 35.3 Å². The van der Waals surface area contributed by atoms with E-state index in [2.05, 4.69) is 5.32 Å². The van der Waals surface area contributed by atoms with Gasteiger partial charge in [-0.05, 0) is 38.1 Å². The van der Waals surface area contributed by atoms with Crippen LogP contribution in [0, 0.1) is 0 Å². The zero-order valence-electron chi connectivity index (χ0n) is 16.1. The van der Waals surface area contributed by atoms with Gasteiger partial charge in [-0.25, -0.2) is 0 Å². The van der Waals surface area contributed by atoms with Crippen LogP contribution >= 0.6 is 0 Å². The second-order valence-electron chi connectivity index (χ2n) is 6.42. The van der Waals surface area contributed by atoms with Crippen LogP contribution in [0.2, 0.25) is 0 Å². The first-order chi connectivity index (χ1) is 13.0. The number of methoxy groups -OCH3 is 2.